The van der Waals surface area contributed by atoms with E-state index in [4.69, 9.17) is 22.4 Å². The van der Waals surface area contributed by atoms with Crippen LogP contribution in [0.1, 0.15) is 21.1 Å². The molecule has 3 rings (SSSR count). The number of thiophene rings is 1. The third-order valence-corrected chi connectivity index (χ3v) is 4.83. The Kier molecular flexibility index (Phi) is 3.62. The molecule has 0 fully saturated rings. The van der Waals surface area contributed by atoms with Crippen molar-refractivity contribution >= 4 is 39.0 Å². The molecule has 1 aromatic carbocycles. The summed E-state index contributed by atoms with van der Waals surface area (Å²) in [5, 5.41) is 18.2. The Labute approximate surface area is 128 Å². The van der Waals surface area contributed by atoms with E-state index < -0.39 is 5.97 Å². The van der Waals surface area contributed by atoms with E-state index in [2.05, 4.69) is 10.3 Å². The van der Waals surface area contributed by atoms with Crippen LogP contribution in [0.25, 0.3) is 10.1 Å². The highest BCUT2D eigenvalue weighted by Gasteiger charge is 2.19. The summed E-state index contributed by atoms with van der Waals surface area (Å²) in [6.07, 6.45) is 0. The Hall–Kier alpha value is -1.96. The number of carboxylic acids is 1. The predicted octanol–water partition coefficient (Wildman–Crippen LogP) is 2.35. The molecule has 3 aromatic rings. The van der Waals surface area contributed by atoms with Crippen LogP contribution >= 0.6 is 22.9 Å². The van der Waals surface area contributed by atoms with Crippen LogP contribution in [-0.2, 0) is 13.1 Å². The van der Waals surface area contributed by atoms with Crippen LogP contribution in [-0.4, -0.2) is 26.1 Å². The van der Waals surface area contributed by atoms with Gasteiger partial charge in [0.2, 0.25) is 0 Å². The van der Waals surface area contributed by atoms with Gasteiger partial charge in [0.25, 0.3) is 0 Å². The van der Waals surface area contributed by atoms with Crippen LogP contribution in [0, 0.1) is 0 Å². The summed E-state index contributed by atoms with van der Waals surface area (Å²) in [4.78, 5) is 12.0. The second kappa shape index (κ2) is 5.44. The highest BCUT2D eigenvalue weighted by Crippen LogP contribution is 2.35. The maximum atomic E-state index is 11.1. The van der Waals surface area contributed by atoms with Crippen LogP contribution < -0.4 is 5.73 Å². The summed E-state index contributed by atoms with van der Waals surface area (Å²) < 4.78 is 2.56. The maximum Gasteiger partial charge on any atom is 0.358 e. The first-order chi connectivity index (χ1) is 10.1. The number of fused-ring (bicyclic) bond motifs is 1. The quantitative estimate of drug-likeness (QED) is 0.769. The molecular weight excluding hydrogens is 312 g/mol. The van der Waals surface area contributed by atoms with Crippen LogP contribution in [0.2, 0.25) is 5.02 Å². The lowest BCUT2D eigenvalue weighted by molar-refractivity contribution is 0.0689. The number of nitrogens with zero attached hydrogens (tertiary/aromatic N) is 3. The van der Waals surface area contributed by atoms with E-state index in [9.17, 15) is 4.79 Å². The molecule has 6 nitrogen and oxygen atoms in total. The standard InChI is InChI=1S/C13H11ClN4O2S/c14-11-7-3-1-2-4-9(7)21-10(11)6-18-8(5-15)12(13(19)20)16-17-18/h1-4H,5-6,15H2,(H,19,20). The molecule has 0 aliphatic rings. The highest BCUT2D eigenvalue weighted by atomic mass is 35.5. The highest BCUT2D eigenvalue weighted by molar-refractivity contribution is 7.19. The van der Waals surface area contributed by atoms with Crippen LogP contribution in [0.5, 0.6) is 0 Å². The first-order valence-electron chi connectivity index (χ1n) is 6.13. The largest absolute Gasteiger partial charge is 0.476 e. The van der Waals surface area contributed by atoms with Crippen molar-refractivity contribution in [3.8, 4) is 0 Å². The fourth-order valence-corrected chi connectivity index (χ4v) is 3.61. The topological polar surface area (TPSA) is 94.0 Å². The van der Waals surface area contributed by atoms with Crippen molar-refractivity contribution in [3.05, 3.63) is 45.6 Å². The van der Waals surface area contributed by atoms with Gasteiger partial charge in [-0.15, -0.1) is 16.4 Å². The second-order valence-corrected chi connectivity index (χ2v) is 5.90. The van der Waals surface area contributed by atoms with E-state index in [1.165, 1.54) is 4.68 Å². The Balaban J connectivity index is 2.03. The predicted molar refractivity (Wildman–Crippen MR) is 80.8 cm³/mol. The normalized spacial score (nSPS) is 11.1. The zero-order valence-corrected chi connectivity index (χ0v) is 12.4. The van der Waals surface area contributed by atoms with Gasteiger partial charge in [0, 0.05) is 21.5 Å². The van der Waals surface area contributed by atoms with Gasteiger partial charge in [0.05, 0.1) is 17.3 Å². The molecule has 3 N–H and O–H groups in total. The van der Waals surface area contributed by atoms with Gasteiger partial charge in [0.15, 0.2) is 5.69 Å². The minimum absolute atomic E-state index is 0.0527. The summed E-state index contributed by atoms with van der Waals surface area (Å²) in [5.41, 5.74) is 5.88. The van der Waals surface area contributed by atoms with E-state index in [1.54, 1.807) is 11.3 Å². The molecule has 0 atom stereocenters. The number of hydrogen-bond acceptors (Lipinski definition) is 5. The number of nitrogens with two attached hydrogens (primary N) is 1. The Bertz CT molecular complexity index is 827. The van der Waals surface area contributed by atoms with Crippen LogP contribution in [0.4, 0.5) is 0 Å². The van der Waals surface area contributed by atoms with E-state index in [1.807, 2.05) is 24.3 Å². The van der Waals surface area contributed by atoms with E-state index in [0.717, 1.165) is 15.0 Å². The summed E-state index contributed by atoms with van der Waals surface area (Å²) in [7, 11) is 0. The van der Waals surface area contributed by atoms with Crippen molar-refractivity contribution in [2.45, 2.75) is 13.1 Å². The van der Waals surface area contributed by atoms with Gasteiger partial charge in [-0.1, -0.05) is 35.0 Å². The fraction of sp³-hybridized carbons (Fsp3) is 0.154. The summed E-state index contributed by atoms with van der Waals surface area (Å²) in [6, 6.07) is 7.81. The van der Waals surface area contributed by atoms with Gasteiger partial charge >= 0.3 is 5.97 Å². The molecule has 0 aliphatic carbocycles. The van der Waals surface area contributed by atoms with Crippen molar-refractivity contribution in [3.63, 3.8) is 0 Å². The van der Waals surface area contributed by atoms with Gasteiger partial charge in [-0.2, -0.15) is 0 Å². The zero-order valence-electron chi connectivity index (χ0n) is 10.8. The molecule has 21 heavy (non-hydrogen) atoms. The van der Waals surface area contributed by atoms with Crippen molar-refractivity contribution in [2.24, 2.45) is 5.73 Å². The number of carbonyl (C=O) groups is 1. The molecule has 0 radical (unpaired) electrons. The second-order valence-electron chi connectivity index (χ2n) is 4.39. The SMILES string of the molecule is NCc1c(C(=O)O)nnn1Cc1sc2ccccc2c1Cl. The molecule has 0 saturated carbocycles. The lowest BCUT2D eigenvalue weighted by Crippen LogP contribution is -2.12. The van der Waals surface area contributed by atoms with Gasteiger partial charge in [-0.05, 0) is 6.07 Å². The Morgan fingerprint density at radius 2 is 2.19 bits per heavy atom. The molecule has 8 heteroatoms. The fourth-order valence-electron chi connectivity index (χ4n) is 2.13. The smallest absolute Gasteiger partial charge is 0.358 e. The van der Waals surface area contributed by atoms with E-state index in [0.29, 0.717) is 17.3 Å². The maximum absolute atomic E-state index is 11.1. The molecule has 2 heterocycles. The minimum atomic E-state index is -1.14. The average Bonchev–Trinajstić information content (AvgIpc) is 3.02. The zero-order chi connectivity index (χ0) is 15.0. The van der Waals surface area contributed by atoms with E-state index in [-0.39, 0.29) is 12.2 Å². The minimum Gasteiger partial charge on any atom is -0.476 e. The number of halogens is 1. The lowest BCUT2D eigenvalue weighted by Gasteiger charge is -2.03. The number of aromatic nitrogens is 3. The third kappa shape index (κ3) is 2.39. The molecule has 2 aromatic heterocycles. The number of hydrogen-bond donors (Lipinski definition) is 2. The molecule has 0 saturated heterocycles. The molecule has 0 aliphatic heterocycles. The molecule has 0 spiro atoms. The molecule has 0 bridgehead atoms. The lowest BCUT2D eigenvalue weighted by atomic mass is 10.2. The van der Waals surface area contributed by atoms with Gasteiger partial charge in [-0.3, -0.25) is 0 Å². The number of carboxylic acid groups (broad SMARTS) is 1. The molecule has 108 valence electrons. The summed E-state index contributed by atoms with van der Waals surface area (Å²) in [5.74, 6) is -1.14. The van der Waals surface area contributed by atoms with Crippen molar-refractivity contribution in [2.75, 3.05) is 0 Å². The van der Waals surface area contributed by atoms with Crippen LogP contribution in [0.3, 0.4) is 0 Å². The molecule has 0 amide bonds. The van der Waals surface area contributed by atoms with Gasteiger partial charge in [0.1, 0.15) is 0 Å². The van der Waals surface area contributed by atoms with Gasteiger partial charge < -0.3 is 10.8 Å². The Morgan fingerprint density at radius 1 is 1.43 bits per heavy atom. The number of aromatic carboxylic acids is 1. The monoisotopic (exact) mass is 322 g/mol. The van der Waals surface area contributed by atoms with E-state index >= 15 is 0 Å². The number of rotatable bonds is 4. The molecular formula is C13H11ClN4O2S. The first kappa shape index (κ1) is 14.0. The average molecular weight is 323 g/mol. The van der Waals surface area contributed by atoms with Crippen molar-refractivity contribution in [1.82, 2.24) is 15.0 Å². The molecule has 0 unspecified atom stereocenters. The third-order valence-electron chi connectivity index (χ3n) is 3.13. The summed E-state index contributed by atoms with van der Waals surface area (Å²) in [6.45, 7) is 0.405. The number of benzene rings is 1. The van der Waals surface area contributed by atoms with Crippen molar-refractivity contribution < 1.29 is 9.90 Å². The Morgan fingerprint density at radius 3 is 2.86 bits per heavy atom. The van der Waals surface area contributed by atoms with Crippen molar-refractivity contribution in [1.29, 1.82) is 0 Å². The summed E-state index contributed by atoms with van der Waals surface area (Å²) >= 11 is 7.92. The van der Waals surface area contributed by atoms with Crippen LogP contribution in [0.15, 0.2) is 24.3 Å². The van der Waals surface area contributed by atoms with Gasteiger partial charge in [-0.25, -0.2) is 9.48 Å². The first-order valence-corrected chi connectivity index (χ1v) is 7.33.